The van der Waals surface area contributed by atoms with E-state index in [4.69, 9.17) is 11.6 Å². The summed E-state index contributed by atoms with van der Waals surface area (Å²) in [5.74, 6) is 1.18. The van der Waals surface area contributed by atoms with E-state index in [1.165, 1.54) is 0 Å². The molecule has 0 spiro atoms. The molecule has 0 aliphatic carbocycles. The Hall–Kier alpha value is -1.36. The second-order valence-electron chi connectivity index (χ2n) is 4.17. The lowest BCUT2D eigenvalue weighted by atomic mass is 10.4. The van der Waals surface area contributed by atoms with Crippen LogP contribution in [0.15, 0.2) is 6.07 Å². The van der Waals surface area contributed by atoms with Gasteiger partial charge in [0.15, 0.2) is 0 Å². The third-order valence-corrected chi connectivity index (χ3v) is 2.21. The first-order valence-electron chi connectivity index (χ1n) is 5.40. The van der Waals surface area contributed by atoms with Gasteiger partial charge < -0.3 is 10.2 Å². The summed E-state index contributed by atoms with van der Waals surface area (Å²) in [6.07, 6.45) is 0. The normalized spacial score (nSPS) is 10.5. The van der Waals surface area contributed by atoms with Gasteiger partial charge in [-0.1, -0.05) is 11.6 Å². The predicted octanol–water partition coefficient (Wildman–Crippen LogP) is 1.40. The Balaban J connectivity index is 2.69. The Morgan fingerprint density at radius 2 is 2.18 bits per heavy atom. The highest BCUT2D eigenvalue weighted by molar-refractivity contribution is 6.29. The van der Waals surface area contributed by atoms with Gasteiger partial charge in [0.05, 0.1) is 6.54 Å². The van der Waals surface area contributed by atoms with Crippen LogP contribution in [0.1, 0.15) is 19.7 Å². The van der Waals surface area contributed by atoms with E-state index in [9.17, 15) is 4.79 Å². The van der Waals surface area contributed by atoms with Gasteiger partial charge in [0, 0.05) is 19.2 Å². The van der Waals surface area contributed by atoms with Crippen molar-refractivity contribution in [3.63, 3.8) is 0 Å². The number of halogens is 1. The Labute approximate surface area is 106 Å². The van der Waals surface area contributed by atoms with Crippen molar-refractivity contribution in [3.8, 4) is 0 Å². The molecule has 0 aliphatic heterocycles. The van der Waals surface area contributed by atoms with Gasteiger partial charge in [0.2, 0.25) is 5.91 Å². The quantitative estimate of drug-likeness (QED) is 0.828. The second-order valence-corrected chi connectivity index (χ2v) is 4.56. The zero-order valence-corrected chi connectivity index (χ0v) is 11.2. The fourth-order valence-corrected chi connectivity index (χ4v) is 1.60. The summed E-state index contributed by atoms with van der Waals surface area (Å²) in [6.45, 7) is 5.84. The second kappa shape index (κ2) is 5.82. The van der Waals surface area contributed by atoms with Crippen LogP contribution < -0.4 is 10.2 Å². The molecule has 0 saturated heterocycles. The van der Waals surface area contributed by atoms with E-state index >= 15 is 0 Å². The SMILES string of the molecule is Cc1nc(Cl)cc(N(C)CC(=O)NC(C)C)n1. The van der Waals surface area contributed by atoms with Crippen LogP contribution >= 0.6 is 11.6 Å². The number of aromatic nitrogens is 2. The van der Waals surface area contributed by atoms with Crippen molar-refractivity contribution < 1.29 is 4.79 Å². The van der Waals surface area contributed by atoms with E-state index in [1.54, 1.807) is 24.9 Å². The molecule has 0 unspecified atom stereocenters. The number of nitrogens with zero attached hydrogens (tertiary/aromatic N) is 3. The maximum Gasteiger partial charge on any atom is 0.239 e. The maximum absolute atomic E-state index is 11.6. The standard InChI is InChI=1S/C11H17ClN4O/c1-7(2)13-11(17)6-16(4)10-5-9(12)14-8(3)15-10/h5,7H,6H2,1-4H3,(H,13,17). The molecule has 1 amide bonds. The van der Waals surface area contributed by atoms with Gasteiger partial charge >= 0.3 is 0 Å². The molecule has 1 heterocycles. The predicted molar refractivity (Wildman–Crippen MR) is 68.3 cm³/mol. The zero-order chi connectivity index (χ0) is 13.0. The van der Waals surface area contributed by atoms with Crippen molar-refractivity contribution in [2.45, 2.75) is 26.8 Å². The summed E-state index contributed by atoms with van der Waals surface area (Å²) in [5.41, 5.74) is 0. The van der Waals surface area contributed by atoms with Gasteiger partial charge in [-0.3, -0.25) is 4.79 Å². The minimum Gasteiger partial charge on any atom is -0.352 e. The number of hydrogen-bond acceptors (Lipinski definition) is 4. The molecule has 0 radical (unpaired) electrons. The fraction of sp³-hybridized carbons (Fsp3) is 0.545. The van der Waals surface area contributed by atoms with Crippen LogP contribution in [-0.4, -0.2) is 35.5 Å². The third kappa shape index (κ3) is 4.56. The average molecular weight is 257 g/mol. The maximum atomic E-state index is 11.6. The Morgan fingerprint density at radius 1 is 1.53 bits per heavy atom. The molecule has 1 rings (SSSR count). The van der Waals surface area contributed by atoms with Gasteiger partial charge in [-0.05, 0) is 20.8 Å². The Bertz CT molecular complexity index is 388. The summed E-state index contributed by atoms with van der Waals surface area (Å²) in [6, 6.07) is 1.77. The zero-order valence-electron chi connectivity index (χ0n) is 10.5. The number of carbonyl (C=O) groups excluding carboxylic acids is 1. The van der Waals surface area contributed by atoms with Crippen LogP contribution in [0.3, 0.4) is 0 Å². The molecule has 17 heavy (non-hydrogen) atoms. The number of nitrogens with one attached hydrogen (secondary N) is 1. The fourth-order valence-electron chi connectivity index (χ4n) is 1.38. The molecule has 1 aromatic rings. The first kappa shape index (κ1) is 13.7. The van der Waals surface area contributed by atoms with Crippen molar-refractivity contribution in [1.29, 1.82) is 0 Å². The summed E-state index contributed by atoms with van der Waals surface area (Å²) >= 11 is 5.84. The number of carbonyl (C=O) groups is 1. The third-order valence-electron chi connectivity index (χ3n) is 2.01. The van der Waals surface area contributed by atoms with Crippen molar-refractivity contribution >= 4 is 23.3 Å². The largest absolute Gasteiger partial charge is 0.352 e. The van der Waals surface area contributed by atoms with Crippen molar-refractivity contribution in [2.75, 3.05) is 18.5 Å². The molecule has 0 aromatic carbocycles. The van der Waals surface area contributed by atoms with Crippen LogP contribution in [0, 0.1) is 6.92 Å². The molecule has 0 fully saturated rings. The van der Waals surface area contributed by atoms with E-state index in [0.717, 1.165) is 0 Å². The number of amides is 1. The summed E-state index contributed by atoms with van der Waals surface area (Å²) < 4.78 is 0. The van der Waals surface area contributed by atoms with Crippen LogP contribution in [-0.2, 0) is 4.79 Å². The first-order valence-corrected chi connectivity index (χ1v) is 5.78. The minimum absolute atomic E-state index is 0.0464. The highest BCUT2D eigenvalue weighted by atomic mass is 35.5. The molecular weight excluding hydrogens is 240 g/mol. The van der Waals surface area contributed by atoms with E-state index in [0.29, 0.717) is 16.8 Å². The van der Waals surface area contributed by atoms with Gasteiger partial charge in [0.1, 0.15) is 16.8 Å². The lowest BCUT2D eigenvalue weighted by molar-refractivity contribution is -0.120. The number of anilines is 1. The Kier molecular flexibility index (Phi) is 4.69. The first-order chi connectivity index (χ1) is 7.88. The molecule has 0 atom stereocenters. The van der Waals surface area contributed by atoms with E-state index in [-0.39, 0.29) is 18.5 Å². The van der Waals surface area contributed by atoms with Crippen LogP contribution in [0.5, 0.6) is 0 Å². The highest BCUT2D eigenvalue weighted by Gasteiger charge is 2.10. The molecule has 94 valence electrons. The van der Waals surface area contributed by atoms with E-state index in [2.05, 4.69) is 15.3 Å². The van der Waals surface area contributed by atoms with Crippen LogP contribution in [0.25, 0.3) is 0 Å². The number of aryl methyl sites for hydroxylation is 1. The molecule has 1 N–H and O–H groups in total. The number of likely N-dealkylation sites (N-methyl/N-ethyl adjacent to an activating group) is 1. The molecular formula is C11H17ClN4O. The molecule has 0 aliphatic rings. The minimum atomic E-state index is -0.0464. The summed E-state index contributed by atoms with van der Waals surface area (Å²) in [5, 5.41) is 3.19. The lowest BCUT2D eigenvalue weighted by Gasteiger charge is -2.19. The number of rotatable bonds is 4. The van der Waals surface area contributed by atoms with E-state index in [1.807, 2.05) is 13.8 Å². The van der Waals surface area contributed by atoms with Gasteiger partial charge in [-0.2, -0.15) is 0 Å². The van der Waals surface area contributed by atoms with Gasteiger partial charge in [-0.25, -0.2) is 9.97 Å². The lowest BCUT2D eigenvalue weighted by Crippen LogP contribution is -2.38. The van der Waals surface area contributed by atoms with Gasteiger partial charge in [0.25, 0.3) is 0 Å². The topological polar surface area (TPSA) is 58.1 Å². The van der Waals surface area contributed by atoms with Crippen molar-refractivity contribution in [3.05, 3.63) is 17.0 Å². The molecule has 0 bridgehead atoms. The van der Waals surface area contributed by atoms with Crippen molar-refractivity contribution in [2.24, 2.45) is 0 Å². The molecule has 1 aromatic heterocycles. The highest BCUT2D eigenvalue weighted by Crippen LogP contribution is 2.14. The van der Waals surface area contributed by atoms with Gasteiger partial charge in [-0.15, -0.1) is 0 Å². The average Bonchev–Trinajstić information content (AvgIpc) is 2.14. The monoisotopic (exact) mass is 256 g/mol. The number of hydrogen-bond donors (Lipinski definition) is 1. The summed E-state index contributed by atoms with van der Waals surface area (Å²) in [7, 11) is 1.79. The molecule has 0 saturated carbocycles. The van der Waals surface area contributed by atoms with Crippen LogP contribution in [0.4, 0.5) is 5.82 Å². The van der Waals surface area contributed by atoms with Crippen LogP contribution in [0.2, 0.25) is 5.15 Å². The molecule has 5 nitrogen and oxygen atoms in total. The Morgan fingerprint density at radius 3 is 2.71 bits per heavy atom. The van der Waals surface area contributed by atoms with Crippen molar-refractivity contribution in [1.82, 2.24) is 15.3 Å². The molecule has 6 heteroatoms. The smallest absolute Gasteiger partial charge is 0.239 e. The van der Waals surface area contributed by atoms with E-state index < -0.39 is 0 Å². The summed E-state index contributed by atoms with van der Waals surface area (Å²) in [4.78, 5) is 21.5.